The maximum Gasteiger partial charge on any atom is 0.276 e. The van der Waals surface area contributed by atoms with Gasteiger partial charge in [0, 0.05) is 24.2 Å². The molecule has 1 aliphatic rings. The van der Waals surface area contributed by atoms with E-state index in [-0.39, 0.29) is 29.7 Å². The molecule has 162 valence electrons. The number of rotatable bonds is 6. The van der Waals surface area contributed by atoms with E-state index in [1.807, 2.05) is 55.5 Å². The molecule has 31 heavy (non-hydrogen) atoms. The number of amides is 1. The van der Waals surface area contributed by atoms with Crippen molar-refractivity contribution in [1.82, 2.24) is 10.1 Å². The molecule has 1 amide bonds. The Kier molecular flexibility index (Phi) is 5.82. The van der Waals surface area contributed by atoms with E-state index >= 15 is 0 Å². The Labute approximate surface area is 181 Å². The van der Waals surface area contributed by atoms with Crippen LogP contribution in [-0.2, 0) is 16.4 Å². The lowest BCUT2D eigenvalue weighted by Crippen LogP contribution is -2.40. The maximum atomic E-state index is 13.4. The number of methoxy groups -OCH3 is 1. The third-order valence-electron chi connectivity index (χ3n) is 5.46. The van der Waals surface area contributed by atoms with Crippen molar-refractivity contribution in [3.63, 3.8) is 0 Å². The predicted octanol–water partition coefficient (Wildman–Crippen LogP) is 3.49. The molecule has 2 aromatic carbocycles. The molecule has 1 unspecified atom stereocenters. The van der Waals surface area contributed by atoms with Crippen LogP contribution in [0.25, 0.3) is 11.3 Å². The van der Waals surface area contributed by atoms with Crippen LogP contribution in [0, 0.1) is 6.92 Å². The normalized spacial score (nSPS) is 17.4. The number of carbonyl (C=O) groups excluding carboxylic acids is 1. The molecular formula is C23H24N2O5S. The highest BCUT2D eigenvalue weighted by Crippen LogP contribution is 2.26. The van der Waals surface area contributed by atoms with Gasteiger partial charge in [-0.2, -0.15) is 0 Å². The summed E-state index contributed by atoms with van der Waals surface area (Å²) in [5, 5.41) is 3.98. The fourth-order valence-electron chi connectivity index (χ4n) is 3.73. The Morgan fingerprint density at radius 2 is 1.97 bits per heavy atom. The fourth-order valence-corrected chi connectivity index (χ4v) is 5.46. The zero-order valence-electron chi connectivity index (χ0n) is 17.4. The van der Waals surface area contributed by atoms with E-state index in [2.05, 4.69) is 5.16 Å². The molecule has 4 rings (SSSR count). The summed E-state index contributed by atoms with van der Waals surface area (Å²) in [5.74, 6) is 0.834. The summed E-state index contributed by atoms with van der Waals surface area (Å²) in [6.07, 6.45) is 0.403. The fraction of sp³-hybridized carbons (Fsp3) is 0.304. The Bertz CT molecular complexity index is 1180. The van der Waals surface area contributed by atoms with E-state index in [9.17, 15) is 13.2 Å². The van der Waals surface area contributed by atoms with E-state index in [0.717, 1.165) is 16.7 Å². The highest BCUT2D eigenvalue weighted by atomic mass is 32.2. The molecule has 0 bridgehead atoms. The molecule has 1 aromatic heterocycles. The SMILES string of the molecule is COc1cccc(CN(C(=O)c2cc(-c3ccc(C)cc3)on2)C2CCS(=O)(=O)C2)c1. The summed E-state index contributed by atoms with van der Waals surface area (Å²) in [7, 11) is -1.59. The number of carbonyl (C=O) groups is 1. The molecule has 0 spiro atoms. The van der Waals surface area contributed by atoms with Gasteiger partial charge < -0.3 is 14.2 Å². The summed E-state index contributed by atoms with van der Waals surface area (Å²) in [6.45, 7) is 2.24. The molecule has 1 atom stereocenters. The van der Waals surface area contributed by atoms with Crippen molar-refractivity contribution in [3.05, 3.63) is 71.4 Å². The number of ether oxygens (including phenoxy) is 1. The number of sulfone groups is 1. The first-order chi connectivity index (χ1) is 14.8. The molecule has 0 aliphatic carbocycles. The molecule has 0 saturated carbocycles. The summed E-state index contributed by atoms with van der Waals surface area (Å²) in [4.78, 5) is 15.0. The molecule has 1 saturated heterocycles. The van der Waals surface area contributed by atoms with Crippen molar-refractivity contribution < 1.29 is 22.5 Å². The molecule has 1 fully saturated rings. The van der Waals surface area contributed by atoms with E-state index < -0.39 is 15.9 Å². The molecule has 1 aliphatic heterocycles. The van der Waals surface area contributed by atoms with E-state index in [1.54, 1.807) is 18.1 Å². The zero-order chi connectivity index (χ0) is 22.0. The van der Waals surface area contributed by atoms with Crippen LogP contribution in [0.5, 0.6) is 5.75 Å². The number of aryl methyl sites for hydroxylation is 1. The van der Waals surface area contributed by atoms with Gasteiger partial charge in [0.2, 0.25) is 0 Å². The molecule has 3 aromatic rings. The molecule has 0 N–H and O–H groups in total. The van der Waals surface area contributed by atoms with E-state index in [4.69, 9.17) is 9.26 Å². The van der Waals surface area contributed by atoms with Crippen molar-refractivity contribution in [1.29, 1.82) is 0 Å². The van der Waals surface area contributed by atoms with Crippen LogP contribution in [0.15, 0.2) is 59.1 Å². The number of hydrogen-bond donors (Lipinski definition) is 0. The smallest absolute Gasteiger partial charge is 0.276 e. The minimum absolute atomic E-state index is 0.0502. The van der Waals surface area contributed by atoms with Crippen molar-refractivity contribution >= 4 is 15.7 Å². The summed E-state index contributed by atoms with van der Waals surface area (Å²) < 4.78 is 34.9. The van der Waals surface area contributed by atoms with Crippen LogP contribution in [-0.4, -0.2) is 49.0 Å². The van der Waals surface area contributed by atoms with Gasteiger partial charge in [-0.1, -0.05) is 47.1 Å². The molecule has 7 nitrogen and oxygen atoms in total. The number of nitrogens with zero attached hydrogens (tertiary/aromatic N) is 2. The van der Waals surface area contributed by atoms with Gasteiger partial charge in [0.1, 0.15) is 5.75 Å². The van der Waals surface area contributed by atoms with Gasteiger partial charge in [-0.15, -0.1) is 0 Å². The quantitative estimate of drug-likeness (QED) is 0.583. The Morgan fingerprint density at radius 3 is 2.65 bits per heavy atom. The van der Waals surface area contributed by atoms with Gasteiger partial charge >= 0.3 is 0 Å². The summed E-state index contributed by atoms with van der Waals surface area (Å²) in [6, 6.07) is 16.3. The number of aromatic nitrogens is 1. The topological polar surface area (TPSA) is 89.7 Å². The minimum Gasteiger partial charge on any atom is -0.497 e. The highest BCUT2D eigenvalue weighted by molar-refractivity contribution is 7.91. The lowest BCUT2D eigenvalue weighted by atomic mass is 10.1. The number of hydrogen-bond acceptors (Lipinski definition) is 6. The van der Waals surface area contributed by atoms with Crippen molar-refractivity contribution in [2.45, 2.75) is 25.9 Å². The first kappa shape index (κ1) is 21.1. The third-order valence-corrected chi connectivity index (χ3v) is 7.21. The van der Waals surface area contributed by atoms with Crippen molar-refractivity contribution in [2.75, 3.05) is 18.6 Å². The standard InChI is InChI=1S/C23H24N2O5S/c1-16-6-8-18(9-7-16)22-13-21(24-30-22)23(26)25(19-10-11-31(27,28)15-19)14-17-4-3-5-20(12-17)29-2/h3-9,12-13,19H,10-11,14-15H2,1-2H3. The number of benzene rings is 2. The molecular weight excluding hydrogens is 416 g/mol. The molecule has 8 heteroatoms. The zero-order valence-corrected chi connectivity index (χ0v) is 18.3. The van der Waals surface area contributed by atoms with Crippen LogP contribution >= 0.6 is 0 Å². The second-order valence-corrected chi connectivity index (χ2v) is 10.0. The van der Waals surface area contributed by atoms with Crippen LogP contribution < -0.4 is 4.74 Å². The summed E-state index contributed by atoms with van der Waals surface area (Å²) in [5.41, 5.74) is 2.94. The van der Waals surface area contributed by atoms with Crippen LogP contribution in [0.3, 0.4) is 0 Å². The van der Waals surface area contributed by atoms with Gasteiger partial charge in [-0.25, -0.2) is 8.42 Å². The van der Waals surface area contributed by atoms with Gasteiger partial charge in [-0.05, 0) is 31.0 Å². The van der Waals surface area contributed by atoms with Crippen molar-refractivity contribution in [3.8, 4) is 17.1 Å². The van der Waals surface area contributed by atoms with E-state index in [1.165, 1.54) is 0 Å². The van der Waals surface area contributed by atoms with Crippen LogP contribution in [0.4, 0.5) is 0 Å². The average Bonchev–Trinajstić information content (AvgIpc) is 3.39. The Hall–Kier alpha value is -3.13. The monoisotopic (exact) mass is 440 g/mol. The summed E-state index contributed by atoms with van der Waals surface area (Å²) >= 11 is 0. The highest BCUT2D eigenvalue weighted by Gasteiger charge is 2.36. The molecule has 2 heterocycles. The first-order valence-electron chi connectivity index (χ1n) is 10.0. The maximum absolute atomic E-state index is 13.4. The third kappa shape index (κ3) is 4.80. The first-order valence-corrected chi connectivity index (χ1v) is 11.8. The second kappa shape index (κ2) is 8.55. The van der Waals surface area contributed by atoms with Crippen LogP contribution in [0.2, 0.25) is 0 Å². The lowest BCUT2D eigenvalue weighted by molar-refractivity contribution is 0.0670. The molecule has 0 radical (unpaired) electrons. The van der Waals surface area contributed by atoms with E-state index in [0.29, 0.717) is 17.9 Å². The van der Waals surface area contributed by atoms with Gasteiger partial charge in [0.25, 0.3) is 5.91 Å². The minimum atomic E-state index is -3.17. The van der Waals surface area contributed by atoms with Gasteiger partial charge in [0.15, 0.2) is 21.3 Å². The Morgan fingerprint density at radius 1 is 1.19 bits per heavy atom. The largest absolute Gasteiger partial charge is 0.497 e. The Balaban J connectivity index is 1.63. The van der Waals surface area contributed by atoms with Gasteiger partial charge in [-0.3, -0.25) is 4.79 Å². The second-order valence-electron chi connectivity index (χ2n) is 7.78. The van der Waals surface area contributed by atoms with Crippen LogP contribution in [0.1, 0.15) is 28.0 Å². The average molecular weight is 441 g/mol. The van der Waals surface area contributed by atoms with Crippen molar-refractivity contribution in [2.24, 2.45) is 0 Å². The lowest BCUT2D eigenvalue weighted by Gasteiger charge is -2.27. The van der Waals surface area contributed by atoms with Gasteiger partial charge in [0.05, 0.1) is 18.6 Å². The predicted molar refractivity (Wildman–Crippen MR) is 117 cm³/mol.